The van der Waals surface area contributed by atoms with E-state index in [0.717, 1.165) is 16.0 Å². The molecule has 6 nitrogen and oxygen atoms in total. The van der Waals surface area contributed by atoms with E-state index >= 15 is 0 Å². The molecule has 140 valence electrons. The second-order valence-electron chi connectivity index (χ2n) is 6.39. The topological polar surface area (TPSA) is 75.7 Å². The number of amides is 3. The van der Waals surface area contributed by atoms with E-state index in [1.54, 1.807) is 0 Å². The SMILES string of the molecule is O=C(NCCc1ccccc1)C1CCC(=O)N1C(=O)OCc1ccccc1. The molecular formula is C21H22N2O4. The summed E-state index contributed by atoms with van der Waals surface area (Å²) in [4.78, 5) is 37.8. The van der Waals surface area contributed by atoms with Crippen LogP contribution in [0.2, 0.25) is 0 Å². The molecule has 0 bridgehead atoms. The fourth-order valence-electron chi connectivity index (χ4n) is 3.04. The van der Waals surface area contributed by atoms with Crippen LogP contribution in [0, 0.1) is 0 Å². The smallest absolute Gasteiger partial charge is 0.417 e. The fourth-order valence-corrected chi connectivity index (χ4v) is 3.04. The van der Waals surface area contributed by atoms with Gasteiger partial charge in [0.25, 0.3) is 0 Å². The molecule has 1 aliphatic rings. The van der Waals surface area contributed by atoms with Gasteiger partial charge in [0.15, 0.2) is 0 Å². The lowest BCUT2D eigenvalue weighted by Gasteiger charge is -2.21. The summed E-state index contributed by atoms with van der Waals surface area (Å²) in [6, 6.07) is 18.2. The number of nitrogens with one attached hydrogen (secondary N) is 1. The Morgan fingerprint density at radius 2 is 1.63 bits per heavy atom. The van der Waals surface area contributed by atoms with E-state index in [1.165, 1.54) is 0 Å². The minimum absolute atomic E-state index is 0.0613. The summed E-state index contributed by atoms with van der Waals surface area (Å²) in [6.45, 7) is 0.506. The van der Waals surface area contributed by atoms with Crippen molar-refractivity contribution in [3.05, 3.63) is 71.8 Å². The molecule has 1 unspecified atom stereocenters. The molecule has 1 fully saturated rings. The zero-order valence-corrected chi connectivity index (χ0v) is 15.0. The van der Waals surface area contributed by atoms with Crippen molar-refractivity contribution >= 4 is 17.9 Å². The fraction of sp³-hybridized carbons (Fsp3) is 0.286. The van der Waals surface area contributed by atoms with Crippen molar-refractivity contribution in [1.29, 1.82) is 0 Å². The van der Waals surface area contributed by atoms with E-state index in [1.807, 2.05) is 60.7 Å². The van der Waals surface area contributed by atoms with E-state index < -0.39 is 12.1 Å². The number of nitrogens with zero attached hydrogens (tertiary/aromatic N) is 1. The Balaban J connectivity index is 1.53. The van der Waals surface area contributed by atoms with Crippen LogP contribution in [-0.4, -0.2) is 35.4 Å². The lowest BCUT2D eigenvalue weighted by molar-refractivity contribution is -0.133. The maximum atomic E-state index is 12.5. The first-order valence-electron chi connectivity index (χ1n) is 8.99. The number of hydrogen-bond donors (Lipinski definition) is 1. The van der Waals surface area contributed by atoms with Crippen LogP contribution in [0.1, 0.15) is 24.0 Å². The van der Waals surface area contributed by atoms with Crippen molar-refractivity contribution in [2.45, 2.75) is 31.9 Å². The van der Waals surface area contributed by atoms with Gasteiger partial charge in [0.05, 0.1) is 0 Å². The highest BCUT2D eigenvalue weighted by molar-refractivity contribution is 6.00. The second-order valence-corrected chi connectivity index (χ2v) is 6.39. The predicted octanol–water partition coefficient (Wildman–Crippen LogP) is 2.67. The first-order chi connectivity index (χ1) is 13.1. The molecule has 3 amide bonds. The van der Waals surface area contributed by atoms with Gasteiger partial charge < -0.3 is 10.1 Å². The summed E-state index contributed by atoms with van der Waals surface area (Å²) in [5.74, 6) is -0.704. The number of rotatable bonds is 6. The molecule has 2 aromatic rings. The predicted molar refractivity (Wildman–Crippen MR) is 99.7 cm³/mol. The number of imide groups is 1. The molecule has 0 aliphatic carbocycles. The van der Waals surface area contributed by atoms with Gasteiger partial charge in [-0.2, -0.15) is 0 Å². The Morgan fingerprint density at radius 1 is 1.00 bits per heavy atom. The van der Waals surface area contributed by atoms with Crippen LogP contribution in [0.5, 0.6) is 0 Å². The highest BCUT2D eigenvalue weighted by atomic mass is 16.6. The van der Waals surface area contributed by atoms with Crippen LogP contribution < -0.4 is 5.32 Å². The molecule has 0 aromatic heterocycles. The minimum atomic E-state index is -0.809. The van der Waals surface area contributed by atoms with Gasteiger partial charge in [-0.15, -0.1) is 0 Å². The maximum absolute atomic E-state index is 12.5. The zero-order valence-electron chi connectivity index (χ0n) is 15.0. The summed E-state index contributed by atoms with van der Waals surface area (Å²) in [6.07, 6.45) is 0.392. The van der Waals surface area contributed by atoms with Crippen molar-refractivity contribution in [2.24, 2.45) is 0 Å². The molecule has 1 N–H and O–H groups in total. The number of hydrogen-bond acceptors (Lipinski definition) is 4. The number of likely N-dealkylation sites (tertiary alicyclic amines) is 1. The first kappa shape index (κ1) is 18.6. The number of benzene rings is 2. The van der Waals surface area contributed by atoms with Gasteiger partial charge in [-0.25, -0.2) is 9.69 Å². The van der Waals surface area contributed by atoms with Gasteiger partial charge in [-0.1, -0.05) is 60.7 Å². The van der Waals surface area contributed by atoms with Crippen molar-refractivity contribution in [2.75, 3.05) is 6.54 Å². The van der Waals surface area contributed by atoms with Crippen LogP contribution in [0.3, 0.4) is 0 Å². The molecule has 1 aliphatic heterocycles. The number of carbonyl (C=O) groups is 3. The monoisotopic (exact) mass is 366 g/mol. The van der Waals surface area contributed by atoms with Gasteiger partial charge in [0.2, 0.25) is 11.8 Å². The molecule has 2 aromatic carbocycles. The van der Waals surface area contributed by atoms with Gasteiger partial charge in [-0.3, -0.25) is 9.59 Å². The molecule has 27 heavy (non-hydrogen) atoms. The van der Waals surface area contributed by atoms with E-state index in [-0.39, 0.29) is 24.8 Å². The van der Waals surface area contributed by atoms with Crippen molar-refractivity contribution < 1.29 is 19.1 Å². The first-order valence-corrected chi connectivity index (χ1v) is 8.99. The summed E-state index contributed by atoms with van der Waals surface area (Å²) < 4.78 is 5.22. The molecule has 0 spiro atoms. The lowest BCUT2D eigenvalue weighted by Crippen LogP contribution is -2.48. The summed E-state index contributed by atoms with van der Waals surface area (Å²) in [5.41, 5.74) is 1.93. The highest BCUT2D eigenvalue weighted by Crippen LogP contribution is 2.20. The van der Waals surface area contributed by atoms with E-state index in [9.17, 15) is 14.4 Å². The summed E-state index contributed by atoms with van der Waals surface area (Å²) in [5, 5.41) is 2.81. The molecule has 0 radical (unpaired) electrons. The summed E-state index contributed by atoms with van der Waals surface area (Å²) in [7, 11) is 0. The number of carbonyl (C=O) groups excluding carboxylic acids is 3. The Labute approximate surface area is 158 Å². The molecule has 1 heterocycles. The largest absolute Gasteiger partial charge is 0.444 e. The Morgan fingerprint density at radius 3 is 2.30 bits per heavy atom. The van der Waals surface area contributed by atoms with Gasteiger partial charge >= 0.3 is 6.09 Å². The standard InChI is InChI=1S/C21H22N2O4/c24-19-12-11-18(20(25)22-14-13-16-7-3-1-4-8-16)23(19)21(26)27-15-17-9-5-2-6-10-17/h1-10,18H,11-15H2,(H,22,25). The van der Waals surface area contributed by atoms with Gasteiger partial charge in [0.1, 0.15) is 12.6 Å². The Kier molecular flexibility index (Phi) is 6.20. The molecular weight excluding hydrogens is 344 g/mol. The van der Waals surface area contributed by atoms with Crippen LogP contribution in [-0.2, 0) is 27.4 Å². The van der Waals surface area contributed by atoms with Gasteiger partial charge in [-0.05, 0) is 24.0 Å². The van der Waals surface area contributed by atoms with Crippen LogP contribution in [0.4, 0.5) is 4.79 Å². The zero-order chi connectivity index (χ0) is 19.1. The summed E-state index contributed by atoms with van der Waals surface area (Å²) >= 11 is 0. The average molecular weight is 366 g/mol. The molecule has 6 heteroatoms. The van der Waals surface area contributed by atoms with Crippen LogP contribution in [0.25, 0.3) is 0 Å². The van der Waals surface area contributed by atoms with Crippen molar-refractivity contribution in [3.63, 3.8) is 0 Å². The van der Waals surface area contributed by atoms with Crippen LogP contribution >= 0.6 is 0 Å². The van der Waals surface area contributed by atoms with Crippen molar-refractivity contribution in [1.82, 2.24) is 10.2 Å². The third-order valence-corrected chi connectivity index (χ3v) is 4.47. The Hall–Kier alpha value is -3.15. The minimum Gasteiger partial charge on any atom is -0.444 e. The van der Waals surface area contributed by atoms with E-state index in [0.29, 0.717) is 19.4 Å². The highest BCUT2D eigenvalue weighted by Gasteiger charge is 2.41. The quantitative estimate of drug-likeness (QED) is 0.853. The van der Waals surface area contributed by atoms with E-state index in [2.05, 4.69) is 5.32 Å². The average Bonchev–Trinajstić information content (AvgIpc) is 3.09. The normalized spacial score (nSPS) is 16.2. The van der Waals surface area contributed by atoms with E-state index in [4.69, 9.17) is 4.74 Å². The van der Waals surface area contributed by atoms with Crippen molar-refractivity contribution in [3.8, 4) is 0 Å². The van der Waals surface area contributed by atoms with Crippen LogP contribution in [0.15, 0.2) is 60.7 Å². The molecule has 3 rings (SSSR count). The maximum Gasteiger partial charge on any atom is 0.417 e. The number of ether oxygens (including phenoxy) is 1. The third-order valence-electron chi connectivity index (χ3n) is 4.47. The molecule has 0 saturated carbocycles. The second kappa shape index (κ2) is 8.98. The molecule has 1 atom stereocenters. The molecule has 1 saturated heterocycles. The Bertz CT molecular complexity index is 792. The van der Waals surface area contributed by atoms with Gasteiger partial charge in [0, 0.05) is 13.0 Å². The lowest BCUT2D eigenvalue weighted by atomic mass is 10.1. The third kappa shape index (κ3) is 4.94.